The second-order valence-corrected chi connectivity index (χ2v) is 3.13. The van der Waals surface area contributed by atoms with Gasteiger partial charge >= 0.3 is 5.69 Å². The standard InChI is InChI=1S/C10H11N3O3/c1-7-8(4-2-3-5-14)6-12-10(11)9(7)13(15)16/h2,4-6H,3H2,1H3,(H2,11,12). The molecule has 0 aliphatic rings. The van der Waals surface area contributed by atoms with Gasteiger partial charge < -0.3 is 10.5 Å². The Hall–Kier alpha value is -2.24. The normalized spacial score (nSPS) is 10.6. The van der Waals surface area contributed by atoms with E-state index in [2.05, 4.69) is 4.98 Å². The average Bonchev–Trinajstić information content (AvgIpc) is 2.21. The molecule has 2 N–H and O–H groups in total. The number of nitrogens with two attached hydrogens (primary N) is 1. The highest BCUT2D eigenvalue weighted by atomic mass is 16.6. The van der Waals surface area contributed by atoms with Gasteiger partial charge in [0.05, 0.1) is 4.92 Å². The molecular formula is C10H11N3O3. The molecule has 0 unspecified atom stereocenters. The van der Waals surface area contributed by atoms with Crippen LogP contribution in [-0.4, -0.2) is 16.2 Å². The summed E-state index contributed by atoms with van der Waals surface area (Å²) in [5.41, 5.74) is 6.26. The van der Waals surface area contributed by atoms with Crippen molar-refractivity contribution in [1.29, 1.82) is 0 Å². The second-order valence-electron chi connectivity index (χ2n) is 3.13. The van der Waals surface area contributed by atoms with Crippen LogP contribution in [0, 0.1) is 17.0 Å². The fourth-order valence-corrected chi connectivity index (χ4v) is 1.27. The maximum atomic E-state index is 10.7. The summed E-state index contributed by atoms with van der Waals surface area (Å²) in [6.45, 7) is 1.59. The maximum absolute atomic E-state index is 10.7. The number of nitrogen functional groups attached to an aromatic ring is 1. The van der Waals surface area contributed by atoms with Crippen LogP contribution in [0.4, 0.5) is 11.5 Å². The molecule has 16 heavy (non-hydrogen) atoms. The Kier molecular flexibility index (Phi) is 3.71. The fourth-order valence-electron chi connectivity index (χ4n) is 1.27. The lowest BCUT2D eigenvalue weighted by atomic mass is 10.1. The average molecular weight is 221 g/mol. The number of hydrogen-bond acceptors (Lipinski definition) is 5. The number of hydrogen-bond donors (Lipinski definition) is 1. The van der Waals surface area contributed by atoms with Crippen LogP contribution in [0.2, 0.25) is 0 Å². The molecule has 0 fully saturated rings. The molecule has 6 nitrogen and oxygen atoms in total. The van der Waals surface area contributed by atoms with Gasteiger partial charge in [0.25, 0.3) is 0 Å². The number of carbonyl (C=O) groups is 1. The SMILES string of the molecule is Cc1c(C=CCC=O)cnc(N)c1[N+](=O)[O-]. The lowest BCUT2D eigenvalue weighted by Gasteiger charge is -2.03. The highest BCUT2D eigenvalue weighted by molar-refractivity contribution is 5.67. The maximum Gasteiger partial charge on any atom is 0.314 e. The topological polar surface area (TPSA) is 99.1 Å². The van der Waals surface area contributed by atoms with E-state index in [9.17, 15) is 14.9 Å². The van der Waals surface area contributed by atoms with Crippen LogP contribution < -0.4 is 5.73 Å². The van der Waals surface area contributed by atoms with Crippen LogP contribution in [-0.2, 0) is 4.79 Å². The van der Waals surface area contributed by atoms with Gasteiger partial charge in [-0.15, -0.1) is 0 Å². The molecule has 0 radical (unpaired) electrons. The van der Waals surface area contributed by atoms with Gasteiger partial charge in [-0.3, -0.25) is 10.1 Å². The van der Waals surface area contributed by atoms with Gasteiger partial charge in [0, 0.05) is 23.7 Å². The molecule has 84 valence electrons. The zero-order valence-electron chi connectivity index (χ0n) is 8.71. The van der Waals surface area contributed by atoms with Crippen LogP contribution in [0.25, 0.3) is 6.08 Å². The molecule has 0 spiro atoms. The molecule has 0 amide bonds. The minimum Gasteiger partial charge on any atom is -0.378 e. The third kappa shape index (κ3) is 2.41. The van der Waals surface area contributed by atoms with Gasteiger partial charge in [-0.25, -0.2) is 4.98 Å². The highest BCUT2D eigenvalue weighted by Gasteiger charge is 2.18. The molecule has 0 aromatic carbocycles. The zero-order chi connectivity index (χ0) is 12.1. The lowest BCUT2D eigenvalue weighted by Crippen LogP contribution is -2.02. The second kappa shape index (κ2) is 5.01. The van der Waals surface area contributed by atoms with E-state index in [0.717, 1.165) is 6.29 Å². The molecule has 0 saturated heterocycles. The summed E-state index contributed by atoms with van der Waals surface area (Å²) in [7, 11) is 0. The number of rotatable bonds is 4. The minimum atomic E-state index is -0.561. The Bertz CT molecular complexity index is 455. The first kappa shape index (κ1) is 11.8. The predicted octanol–water partition coefficient (Wildman–Crippen LogP) is 1.48. The Morgan fingerprint density at radius 2 is 2.31 bits per heavy atom. The third-order valence-electron chi connectivity index (χ3n) is 2.09. The molecular weight excluding hydrogens is 210 g/mol. The molecule has 1 aromatic rings. The number of aromatic nitrogens is 1. The molecule has 0 aliphatic heterocycles. The number of nitro groups is 1. The summed E-state index contributed by atoms with van der Waals surface area (Å²) in [6.07, 6.45) is 5.67. The van der Waals surface area contributed by atoms with Crippen LogP contribution in [0.3, 0.4) is 0 Å². The summed E-state index contributed by atoms with van der Waals surface area (Å²) in [5, 5.41) is 10.7. The van der Waals surface area contributed by atoms with Gasteiger partial charge in [-0.05, 0) is 6.92 Å². The van der Waals surface area contributed by atoms with E-state index >= 15 is 0 Å². The van der Waals surface area contributed by atoms with Gasteiger partial charge in [0.2, 0.25) is 5.82 Å². The van der Waals surface area contributed by atoms with Gasteiger partial charge in [-0.1, -0.05) is 12.2 Å². The molecule has 6 heteroatoms. The Morgan fingerprint density at radius 3 is 2.88 bits per heavy atom. The van der Waals surface area contributed by atoms with E-state index in [-0.39, 0.29) is 17.9 Å². The smallest absolute Gasteiger partial charge is 0.314 e. The first-order valence-electron chi connectivity index (χ1n) is 4.57. The zero-order valence-corrected chi connectivity index (χ0v) is 8.71. The number of anilines is 1. The molecule has 1 aromatic heterocycles. The minimum absolute atomic E-state index is 0.102. The summed E-state index contributed by atoms with van der Waals surface area (Å²) in [5.74, 6) is -0.102. The van der Waals surface area contributed by atoms with Crippen LogP contribution in [0.15, 0.2) is 12.3 Å². The van der Waals surface area contributed by atoms with Crippen LogP contribution in [0.5, 0.6) is 0 Å². The Morgan fingerprint density at radius 1 is 1.62 bits per heavy atom. The van der Waals surface area contributed by atoms with E-state index in [1.807, 2.05) is 0 Å². The number of allylic oxidation sites excluding steroid dienone is 1. The van der Waals surface area contributed by atoms with Crippen molar-refractivity contribution in [2.75, 3.05) is 5.73 Å². The number of aldehydes is 1. The van der Waals surface area contributed by atoms with Gasteiger partial charge in [0.1, 0.15) is 6.29 Å². The third-order valence-corrected chi connectivity index (χ3v) is 2.09. The first-order valence-corrected chi connectivity index (χ1v) is 4.57. The van der Waals surface area contributed by atoms with Crippen molar-refractivity contribution in [2.45, 2.75) is 13.3 Å². The Labute approximate surface area is 91.9 Å². The van der Waals surface area contributed by atoms with Gasteiger partial charge in [0.15, 0.2) is 0 Å². The fraction of sp³-hybridized carbons (Fsp3) is 0.200. The van der Waals surface area contributed by atoms with E-state index < -0.39 is 4.92 Å². The summed E-state index contributed by atoms with van der Waals surface area (Å²) < 4.78 is 0. The number of nitrogens with zero attached hydrogens (tertiary/aromatic N) is 2. The van der Waals surface area contributed by atoms with Crippen molar-refractivity contribution in [2.24, 2.45) is 0 Å². The molecule has 0 atom stereocenters. The first-order chi connectivity index (χ1) is 7.57. The van der Waals surface area contributed by atoms with Gasteiger partial charge in [-0.2, -0.15) is 0 Å². The van der Waals surface area contributed by atoms with E-state index in [0.29, 0.717) is 11.1 Å². The molecule has 0 saturated carbocycles. The van der Waals surface area contributed by atoms with Crippen molar-refractivity contribution in [3.63, 3.8) is 0 Å². The van der Waals surface area contributed by atoms with Crippen molar-refractivity contribution in [3.8, 4) is 0 Å². The van der Waals surface area contributed by atoms with E-state index in [1.165, 1.54) is 6.20 Å². The van der Waals surface area contributed by atoms with Crippen molar-refractivity contribution < 1.29 is 9.72 Å². The lowest BCUT2D eigenvalue weighted by molar-refractivity contribution is -0.384. The van der Waals surface area contributed by atoms with Crippen molar-refractivity contribution >= 4 is 23.9 Å². The van der Waals surface area contributed by atoms with Crippen molar-refractivity contribution in [1.82, 2.24) is 4.98 Å². The van der Waals surface area contributed by atoms with Crippen molar-refractivity contribution in [3.05, 3.63) is 33.5 Å². The highest BCUT2D eigenvalue weighted by Crippen LogP contribution is 2.26. The summed E-state index contributed by atoms with van der Waals surface area (Å²) in [6, 6.07) is 0. The van der Waals surface area contributed by atoms with Crippen LogP contribution >= 0.6 is 0 Å². The Balaban J connectivity index is 3.18. The molecule has 0 aliphatic carbocycles. The van der Waals surface area contributed by atoms with E-state index in [1.54, 1.807) is 19.1 Å². The molecule has 1 rings (SSSR count). The quantitative estimate of drug-likeness (QED) is 0.471. The molecule has 1 heterocycles. The monoisotopic (exact) mass is 221 g/mol. The van der Waals surface area contributed by atoms with E-state index in [4.69, 9.17) is 5.73 Å². The summed E-state index contributed by atoms with van der Waals surface area (Å²) >= 11 is 0. The number of pyridine rings is 1. The predicted molar refractivity (Wildman–Crippen MR) is 59.8 cm³/mol. The van der Waals surface area contributed by atoms with Crippen LogP contribution in [0.1, 0.15) is 17.5 Å². The number of carbonyl (C=O) groups excluding carboxylic acids is 1. The summed E-state index contributed by atoms with van der Waals surface area (Å²) in [4.78, 5) is 24.0. The largest absolute Gasteiger partial charge is 0.378 e. The molecule has 0 bridgehead atoms.